The first-order valence-electron chi connectivity index (χ1n) is 8.20. The van der Waals surface area contributed by atoms with E-state index in [0.717, 1.165) is 50.7 Å². The number of hydrogen-bond acceptors (Lipinski definition) is 3. The first-order valence-corrected chi connectivity index (χ1v) is 8.20. The minimum absolute atomic E-state index is 0.0883. The van der Waals surface area contributed by atoms with Crippen LogP contribution in [0.4, 0.5) is 0 Å². The van der Waals surface area contributed by atoms with Gasteiger partial charge in [-0.05, 0) is 50.6 Å². The summed E-state index contributed by atoms with van der Waals surface area (Å²) < 4.78 is 5.55. The van der Waals surface area contributed by atoms with Crippen molar-refractivity contribution in [2.24, 2.45) is 11.8 Å². The fraction of sp³-hybridized carbons (Fsp3) is 0.938. The summed E-state index contributed by atoms with van der Waals surface area (Å²) in [6.45, 7) is 4.87. The summed E-state index contributed by atoms with van der Waals surface area (Å²) in [5.41, 5.74) is -0.592. The summed E-state index contributed by atoms with van der Waals surface area (Å²) in [6, 6.07) is 0. The van der Waals surface area contributed by atoms with E-state index in [4.69, 9.17) is 4.74 Å². The molecule has 2 rings (SSSR count). The van der Waals surface area contributed by atoms with Crippen molar-refractivity contribution < 1.29 is 9.53 Å². The van der Waals surface area contributed by atoms with Gasteiger partial charge in [0.1, 0.15) is 5.60 Å². The van der Waals surface area contributed by atoms with Crippen molar-refractivity contribution in [3.8, 4) is 0 Å². The highest BCUT2D eigenvalue weighted by Gasteiger charge is 2.39. The molecule has 0 bridgehead atoms. The van der Waals surface area contributed by atoms with Gasteiger partial charge in [-0.15, -0.1) is 0 Å². The molecular weight excluding hydrogens is 252 g/mol. The van der Waals surface area contributed by atoms with Crippen molar-refractivity contribution >= 4 is 5.91 Å². The fourth-order valence-corrected chi connectivity index (χ4v) is 3.73. The van der Waals surface area contributed by atoms with E-state index in [9.17, 15) is 4.79 Å². The average Bonchev–Trinajstić information content (AvgIpc) is 2.48. The van der Waals surface area contributed by atoms with Crippen LogP contribution in [0.15, 0.2) is 0 Å². The molecule has 1 amide bonds. The molecule has 0 spiro atoms. The van der Waals surface area contributed by atoms with Crippen molar-refractivity contribution in [2.45, 2.75) is 57.5 Å². The van der Waals surface area contributed by atoms with E-state index in [-0.39, 0.29) is 5.91 Å². The lowest BCUT2D eigenvalue weighted by molar-refractivity contribution is -0.146. The molecule has 1 aliphatic heterocycles. The van der Waals surface area contributed by atoms with Crippen molar-refractivity contribution in [1.82, 2.24) is 10.6 Å². The Morgan fingerprint density at radius 3 is 2.75 bits per heavy atom. The van der Waals surface area contributed by atoms with Crippen LogP contribution in [0.3, 0.4) is 0 Å². The van der Waals surface area contributed by atoms with E-state index >= 15 is 0 Å². The Balaban J connectivity index is 1.73. The highest BCUT2D eigenvalue weighted by atomic mass is 16.5. The Kier molecular flexibility index (Phi) is 5.85. The molecule has 1 heterocycles. The summed E-state index contributed by atoms with van der Waals surface area (Å²) in [4.78, 5) is 12.4. The van der Waals surface area contributed by atoms with Crippen molar-refractivity contribution in [3.63, 3.8) is 0 Å². The summed E-state index contributed by atoms with van der Waals surface area (Å²) in [5, 5.41) is 6.40. The topological polar surface area (TPSA) is 50.4 Å². The zero-order valence-electron chi connectivity index (χ0n) is 13.0. The van der Waals surface area contributed by atoms with Crippen molar-refractivity contribution in [2.75, 3.05) is 26.7 Å². The molecule has 0 aromatic rings. The molecule has 116 valence electrons. The molecule has 4 heteroatoms. The molecule has 0 radical (unpaired) electrons. The standard InChI is InChI=1S/C16H30N2O2/c1-13-4-3-5-14(12-13)6-9-18-15(19)16(20-2)7-10-17-11-8-16/h13-14,17H,3-12H2,1-2H3,(H,18,19). The number of piperidine rings is 1. The van der Waals surface area contributed by atoms with Gasteiger partial charge in [-0.1, -0.05) is 26.2 Å². The second-order valence-electron chi connectivity index (χ2n) is 6.63. The monoisotopic (exact) mass is 282 g/mol. The van der Waals surface area contributed by atoms with Gasteiger partial charge in [0.15, 0.2) is 0 Å². The zero-order valence-corrected chi connectivity index (χ0v) is 13.0. The second kappa shape index (κ2) is 7.41. The molecule has 0 aromatic heterocycles. The summed E-state index contributed by atoms with van der Waals surface area (Å²) in [6.07, 6.45) is 8.06. The molecule has 2 N–H and O–H groups in total. The predicted molar refractivity (Wildman–Crippen MR) is 80.6 cm³/mol. The van der Waals surface area contributed by atoms with Gasteiger partial charge in [0.2, 0.25) is 0 Å². The molecule has 1 saturated carbocycles. The Morgan fingerprint density at radius 2 is 2.10 bits per heavy atom. The first kappa shape index (κ1) is 15.8. The van der Waals surface area contributed by atoms with E-state index in [1.165, 1.54) is 25.7 Å². The van der Waals surface area contributed by atoms with Crippen LogP contribution in [-0.2, 0) is 9.53 Å². The van der Waals surface area contributed by atoms with Gasteiger partial charge in [-0.3, -0.25) is 4.79 Å². The van der Waals surface area contributed by atoms with Crippen LogP contribution in [0.2, 0.25) is 0 Å². The van der Waals surface area contributed by atoms with Gasteiger partial charge < -0.3 is 15.4 Å². The molecule has 2 unspecified atom stereocenters. The molecule has 4 nitrogen and oxygen atoms in total. The Hall–Kier alpha value is -0.610. The lowest BCUT2D eigenvalue weighted by Crippen LogP contribution is -2.54. The van der Waals surface area contributed by atoms with E-state index in [2.05, 4.69) is 17.6 Å². The van der Waals surface area contributed by atoms with Crippen molar-refractivity contribution in [1.29, 1.82) is 0 Å². The third kappa shape index (κ3) is 3.95. The predicted octanol–water partition coefficient (Wildman–Crippen LogP) is 2.09. The second-order valence-corrected chi connectivity index (χ2v) is 6.63. The highest BCUT2D eigenvalue weighted by Crippen LogP contribution is 2.30. The zero-order chi connectivity index (χ0) is 14.4. The third-order valence-corrected chi connectivity index (χ3v) is 5.10. The lowest BCUT2D eigenvalue weighted by atomic mass is 9.81. The first-order chi connectivity index (χ1) is 9.66. The summed E-state index contributed by atoms with van der Waals surface area (Å²) in [5.74, 6) is 1.75. The fourth-order valence-electron chi connectivity index (χ4n) is 3.73. The van der Waals surface area contributed by atoms with E-state index < -0.39 is 5.60 Å². The molecule has 2 atom stereocenters. The minimum atomic E-state index is -0.592. The number of amides is 1. The van der Waals surface area contributed by atoms with Crippen LogP contribution >= 0.6 is 0 Å². The van der Waals surface area contributed by atoms with Crippen molar-refractivity contribution in [3.05, 3.63) is 0 Å². The van der Waals surface area contributed by atoms with Crippen LogP contribution in [0.5, 0.6) is 0 Å². The number of carbonyl (C=O) groups is 1. The van der Waals surface area contributed by atoms with E-state index in [1.54, 1.807) is 7.11 Å². The number of hydrogen-bond donors (Lipinski definition) is 2. The largest absolute Gasteiger partial charge is 0.368 e. The molecule has 1 aliphatic carbocycles. The highest BCUT2D eigenvalue weighted by molar-refractivity contribution is 5.85. The van der Waals surface area contributed by atoms with Gasteiger partial charge in [-0.2, -0.15) is 0 Å². The summed E-state index contributed by atoms with van der Waals surface area (Å²) >= 11 is 0. The Morgan fingerprint density at radius 1 is 1.35 bits per heavy atom. The van der Waals surface area contributed by atoms with Gasteiger partial charge in [0.05, 0.1) is 0 Å². The SMILES string of the molecule is COC1(C(=O)NCCC2CCCC(C)C2)CCNCC1. The Labute approximate surface area is 123 Å². The van der Waals surface area contributed by atoms with E-state index in [0.29, 0.717) is 0 Å². The molecular formula is C16H30N2O2. The molecule has 0 aromatic carbocycles. The third-order valence-electron chi connectivity index (χ3n) is 5.10. The van der Waals surface area contributed by atoms with Gasteiger partial charge >= 0.3 is 0 Å². The number of rotatable bonds is 5. The van der Waals surface area contributed by atoms with Gasteiger partial charge in [0.25, 0.3) is 5.91 Å². The maximum absolute atomic E-state index is 12.4. The molecule has 2 aliphatic rings. The number of carbonyl (C=O) groups excluding carboxylic acids is 1. The van der Waals surface area contributed by atoms with Crippen LogP contribution in [0, 0.1) is 11.8 Å². The van der Waals surface area contributed by atoms with Crippen LogP contribution in [0.1, 0.15) is 51.9 Å². The molecule has 2 fully saturated rings. The summed E-state index contributed by atoms with van der Waals surface area (Å²) in [7, 11) is 1.66. The number of ether oxygens (including phenoxy) is 1. The minimum Gasteiger partial charge on any atom is -0.368 e. The normalized spacial score (nSPS) is 29.9. The van der Waals surface area contributed by atoms with Gasteiger partial charge in [0, 0.05) is 13.7 Å². The van der Waals surface area contributed by atoms with Crippen LogP contribution in [-0.4, -0.2) is 38.3 Å². The number of nitrogens with one attached hydrogen (secondary N) is 2. The van der Waals surface area contributed by atoms with Gasteiger partial charge in [-0.25, -0.2) is 0 Å². The van der Waals surface area contributed by atoms with Crippen LogP contribution in [0.25, 0.3) is 0 Å². The van der Waals surface area contributed by atoms with Crippen LogP contribution < -0.4 is 10.6 Å². The maximum atomic E-state index is 12.4. The Bertz CT molecular complexity index is 314. The number of methoxy groups -OCH3 is 1. The maximum Gasteiger partial charge on any atom is 0.252 e. The molecule has 20 heavy (non-hydrogen) atoms. The smallest absolute Gasteiger partial charge is 0.252 e. The lowest BCUT2D eigenvalue weighted by Gasteiger charge is -2.35. The molecule has 1 saturated heterocycles. The van der Waals surface area contributed by atoms with E-state index in [1.807, 2.05) is 0 Å². The average molecular weight is 282 g/mol. The quantitative estimate of drug-likeness (QED) is 0.812.